The quantitative estimate of drug-likeness (QED) is 0.865. The molecule has 0 atom stereocenters. The lowest BCUT2D eigenvalue weighted by Gasteiger charge is -2.06. The third-order valence-electron chi connectivity index (χ3n) is 2.54. The van der Waals surface area contributed by atoms with Gasteiger partial charge in [-0.05, 0) is 24.6 Å². The van der Waals surface area contributed by atoms with E-state index in [-0.39, 0.29) is 17.4 Å². The van der Waals surface area contributed by atoms with E-state index in [0.717, 1.165) is 11.1 Å². The van der Waals surface area contributed by atoms with Crippen molar-refractivity contribution < 1.29 is 9.90 Å². The zero-order valence-corrected chi connectivity index (χ0v) is 10.1. The van der Waals surface area contributed by atoms with Crippen molar-refractivity contribution in [2.24, 2.45) is 0 Å². The van der Waals surface area contributed by atoms with Crippen molar-refractivity contribution in [3.8, 4) is 5.75 Å². The minimum absolute atomic E-state index is 0.0464. The van der Waals surface area contributed by atoms with E-state index in [4.69, 9.17) is 0 Å². The van der Waals surface area contributed by atoms with Gasteiger partial charge in [0.1, 0.15) is 5.75 Å². The molecular weight excluding hydrogens is 228 g/mol. The third-order valence-corrected chi connectivity index (χ3v) is 2.54. The van der Waals surface area contributed by atoms with Gasteiger partial charge in [-0.25, -0.2) is 4.98 Å². The number of hydrogen-bond acceptors (Lipinski definition) is 3. The standard InChI is InChI=1S/C14H14N2O2/c1-10-4-2-5-11(8-10)9-16-14(18)13-12(17)6-3-7-15-13/h2-8,17H,9H2,1H3,(H,16,18). The average molecular weight is 242 g/mol. The SMILES string of the molecule is Cc1cccc(CNC(=O)c2ncccc2O)c1. The van der Waals surface area contributed by atoms with E-state index in [1.54, 1.807) is 6.07 Å². The zero-order valence-electron chi connectivity index (χ0n) is 10.1. The number of hydrogen-bond donors (Lipinski definition) is 2. The Morgan fingerprint density at radius 1 is 1.33 bits per heavy atom. The Kier molecular flexibility index (Phi) is 3.57. The first kappa shape index (κ1) is 12.1. The van der Waals surface area contributed by atoms with Crippen LogP contribution >= 0.6 is 0 Å². The van der Waals surface area contributed by atoms with Gasteiger partial charge in [0.25, 0.3) is 5.91 Å². The molecule has 92 valence electrons. The van der Waals surface area contributed by atoms with Crippen LogP contribution in [-0.4, -0.2) is 16.0 Å². The molecule has 0 unspecified atom stereocenters. The zero-order chi connectivity index (χ0) is 13.0. The number of aromatic nitrogens is 1. The minimum atomic E-state index is -0.380. The highest BCUT2D eigenvalue weighted by Crippen LogP contribution is 2.12. The fourth-order valence-electron chi connectivity index (χ4n) is 1.66. The van der Waals surface area contributed by atoms with Gasteiger partial charge in [0.2, 0.25) is 0 Å². The lowest BCUT2D eigenvalue weighted by molar-refractivity contribution is 0.0943. The van der Waals surface area contributed by atoms with Crippen LogP contribution in [0.2, 0.25) is 0 Å². The average Bonchev–Trinajstić information content (AvgIpc) is 2.37. The number of benzene rings is 1. The molecule has 0 aliphatic heterocycles. The summed E-state index contributed by atoms with van der Waals surface area (Å²) >= 11 is 0. The van der Waals surface area contributed by atoms with Crippen LogP contribution in [0, 0.1) is 6.92 Å². The number of nitrogens with zero attached hydrogens (tertiary/aromatic N) is 1. The molecule has 0 radical (unpaired) electrons. The smallest absolute Gasteiger partial charge is 0.273 e. The van der Waals surface area contributed by atoms with E-state index in [1.165, 1.54) is 12.3 Å². The fraction of sp³-hybridized carbons (Fsp3) is 0.143. The Hall–Kier alpha value is -2.36. The Bertz CT molecular complexity index is 567. The molecule has 0 aliphatic rings. The maximum Gasteiger partial charge on any atom is 0.273 e. The Morgan fingerprint density at radius 2 is 2.17 bits per heavy atom. The molecule has 1 aromatic carbocycles. The van der Waals surface area contributed by atoms with Gasteiger partial charge in [0, 0.05) is 12.7 Å². The van der Waals surface area contributed by atoms with Crippen LogP contribution < -0.4 is 5.32 Å². The summed E-state index contributed by atoms with van der Waals surface area (Å²) in [5, 5.41) is 12.2. The van der Waals surface area contributed by atoms with Crippen molar-refractivity contribution in [2.45, 2.75) is 13.5 Å². The number of carbonyl (C=O) groups excluding carboxylic acids is 1. The van der Waals surface area contributed by atoms with Crippen molar-refractivity contribution in [2.75, 3.05) is 0 Å². The number of carbonyl (C=O) groups is 1. The second-order valence-electron chi connectivity index (χ2n) is 4.04. The number of nitrogens with one attached hydrogen (secondary N) is 1. The van der Waals surface area contributed by atoms with E-state index in [0.29, 0.717) is 6.54 Å². The maximum absolute atomic E-state index is 11.8. The molecule has 0 fully saturated rings. The summed E-state index contributed by atoms with van der Waals surface area (Å²) in [4.78, 5) is 15.6. The van der Waals surface area contributed by atoms with Crippen LogP contribution in [0.25, 0.3) is 0 Å². The summed E-state index contributed by atoms with van der Waals surface area (Å²) in [6, 6.07) is 10.9. The van der Waals surface area contributed by atoms with E-state index >= 15 is 0 Å². The predicted molar refractivity (Wildman–Crippen MR) is 68.3 cm³/mol. The number of rotatable bonds is 3. The third kappa shape index (κ3) is 2.85. The highest BCUT2D eigenvalue weighted by Gasteiger charge is 2.11. The number of pyridine rings is 1. The first-order chi connectivity index (χ1) is 8.66. The van der Waals surface area contributed by atoms with Crippen LogP contribution in [0.4, 0.5) is 0 Å². The molecule has 2 rings (SSSR count). The molecule has 1 heterocycles. The Morgan fingerprint density at radius 3 is 2.89 bits per heavy atom. The number of amides is 1. The fourth-order valence-corrected chi connectivity index (χ4v) is 1.66. The van der Waals surface area contributed by atoms with E-state index in [2.05, 4.69) is 10.3 Å². The minimum Gasteiger partial charge on any atom is -0.505 e. The van der Waals surface area contributed by atoms with Gasteiger partial charge in [0.05, 0.1) is 0 Å². The second kappa shape index (κ2) is 5.31. The summed E-state index contributed by atoms with van der Waals surface area (Å²) in [6.45, 7) is 2.41. The van der Waals surface area contributed by atoms with Crippen LogP contribution in [0.5, 0.6) is 5.75 Å². The normalized spacial score (nSPS) is 10.1. The van der Waals surface area contributed by atoms with Crippen LogP contribution in [0.3, 0.4) is 0 Å². The van der Waals surface area contributed by atoms with Gasteiger partial charge in [-0.15, -0.1) is 0 Å². The molecule has 0 saturated carbocycles. The molecule has 18 heavy (non-hydrogen) atoms. The largest absolute Gasteiger partial charge is 0.505 e. The topological polar surface area (TPSA) is 62.2 Å². The van der Waals surface area contributed by atoms with Crippen molar-refractivity contribution in [1.82, 2.24) is 10.3 Å². The number of aromatic hydroxyl groups is 1. The molecule has 4 nitrogen and oxygen atoms in total. The van der Waals surface area contributed by atoms with Crippen molar-refractivity contribution in [3.63, 3.8) is 0 Å². The van der Waals surface area contributed by atoms with E-state index < -0.39 is 0 Å². The summed E-state index contributed by atoms with van der Waals surface area (Å²) in [5.74, 6) is -0.492. The Balaban J connectivity index is 2.03. The van der Waals surface area contributed by atoms with Gasteiger partial charge in [-0.2, -0.15) is 0 Å². The monoisotopic (exact) mass is 242 g/mol. The van der Waals surface area contributed by atoms with Crippen LogP contribution in [-0.2, 0) is 6.54 Å². The van der Waals surface area contributed by atoms with E-state index in [9.17, 15) is 9.90 Å². The first-order valence-corrected chi connectivity index (χ1v) is 5.64. The van der Waals surface area contributed by atoms with Crippen LogP contribution in [0.1, 0.15) is 21.6 Å². The van der Waals surface area contributed by atoms with Gasteiger partial charge in [-0.3, -0.25) is 4.79 Å². The lowest BCUT2D eigenvalue weighted by atomic mass is 10.1. The molecule has 0 aliphatic carbocycles. The van der Waals surface area contributed by atoms with Crippen molar-refractivity contribution >= 4 is 5.91 Å². The summed E-state index contributed by atoms with van der Waals surface area (Å²) in [7, 11) is 0. The summed E-state index contributed by atoms with van der Waals surface area (Å²) < 4.78 is 0. The highest BCUT2D eigenvalue weighted by atomic mass is 16.3. The highest BCUT2D eigenvalue weighted by molar-refractivity contribution is 5.94. The Labute approximate surface area is 105 Å². The van der Waals surface area contributed by atoms with Gasteiger partial charge < -0.3 is 10.4 Å². The molecule has 0 saturated heterocycles. The number of aryl methyl sites for hydroxylation is 1. The molecule has 0 spiro atoms. The van der Waals surface area contributed by atoms with Gasteiger partial charge in [-0.1, -0.05) is 29.8 Å². The maximum atomic E-state index is 11.8. The second-order valence-corrected chi connectivity index (χ2v) is 4.04. The van der Waals surface area contributed by atoms with Crippen molar-refractivity contribution in [3.05, 3.63) is 59.4 Å². The first-order valence-electron chi connectivity index (χ1n) is 5.64. The lowest BCUT2D eigenvalue weighted by Crippen LogP contribution is -2.23. The molecule has 2 N–H and O–H groups in total. The molecule has 0 bridgehead atoms. The van der Waals surface area contributed by atoms with Crippen LogP contribution in [0.15, 0.2) is 42.6 Å². The van der Waals surface area contributed by atoms with Crippen molar-refractivity contribution in [1.29, 1.82) is 0 Å². The summed E-state index contributed by atoms with van der Waals surface area (Å²) in [5.41, 5.74) is 2.20. The molecule has 1 aromatic heterocycles. The van der Waals surface area contributed by atoms with Gasteiger partial charge >= 0.3 is 0 Å². The molecule has 2 aromatic rings. The molecule has 1 amide bonds. The van der Waals surface area contributed by atoms with E-state index in [1.807, 2.05) is 31.2 Å². The molecule has 4 heteroatoms. The molecular formula is C14H14N2O2. The predicted octanol–water partition coefficient (Wildman–Crippen LogP) is 2.03. The summed E-state index contributed by atoms with van der Waals surface area (Å²) in [6.07, 6.45) is 1.47. The van der Waals surface area contributed by atoms with Gasteiger partial charge in [0.15, 0.2) is 5.69 Å².